The molecule has 0 saturated carbocycles. The van der Waals surface area contributed by atoms with Crippen molar-refractivity contribution in [1.82, 2.24) is 0 Å². The summed E-state index contributed by atoms with van der Waals surface area (Å²) in [5, 5.41) is 0. The molecule has 40 heavy (non-hydrogen) atoms. The Morgan fingerprint density at radius 3 is 2.45 bits per heavy atom. The second-order valence-electron chi connectivity index (χ2n) is 10.3. The summed E-state index contributed by atoms with van der Waals surface area (Å²) in [5.74, 6) is 0.0293. The van der Waals surface area contributed by atoms with Crippen molar-refractivity contribution in [2.75, 3.05) is 34.0 Å². The lowest BCUT2D eigenvalue weighted by atomic mass is 9.69. The van der Waals surface area contributed by atoms with E-state index in [0.29, 0.717) is 60.3 Å². The van der Waals surface area contributed by atoms with Crippen LogP contribution in [-0.2, 0) is 19.1 Å². The summed E-state index contributed by atoms with van der Waals surface area (Å²) in [4.78, 5) is 32.4. The number of hydrogen-bond donors (Lipinski definition) is 0. The van der Waals surface area contributed by atoms with Crippen LogP contribution in [-0.4, -0.2) is 57.6 Å². The number of allylic oxidation sites excluding steroid dienone is 2. The van der Waals surface area contributed by atoms with Gasteiger partial charge in [0.1, 0.15) is 18.3 Å². The maximum Gasteiger partial charge on any atom is 0.315 e. The summed E-state index contributed by atoms with van der Waals surface area (Å²) in [6.07, 6.45) is 0.767. The fraction of sp³-hybridized carbons (Fsp3) is 0.469. The Hall–Kier alpha value is -3.65. The van der Waals surface area contributed by atoms with Crippen molar-refractivity contribution in [1.29, 1.82) is 0 Å². The normalized spacial score (nSPS) is 20.6. The van der Waals surface area contributed by atoms with Gasteiger partial charge in [0.15, 0.2) is 17.3 Å². The second kappa shape index (κ2) is 13.1. The van der Waals surface area contributed by atoms with Crippen LogP contribution in [0, 0.1) is 5.92 Å². The van der Waals surface area contributed by atoms with Gasteiger partial charge in [-0.1, -0.05) is 24.3 Å². The summed E-state index contributed by atoms with van der Waals surface area (Å²) in [5.41, 5.74) is 3.64. The fourth-order valence-electron chi connectivity index (χ4n) is 5.58. The van der Waals surface area contributed by atoms with E-state index in [9.17, 15) is 9.59 Å². The zero-order valence-electron chi connectivity index (χ0n) is 24.2. The highest BCUT2D eigenvalue weighted by atomic mass is 16.6. The fourth-order valence-corrected chi connectivity index (χ4v) is 5.58. The first kappa shape index (κ1) is 29.3. The Bertz CT molecular complexity index is 1300. The molecule has 1 aliphatic carbocycles. The van der Waals surface area contributed by atoms with Gasteiger partial charge in [-0.3, -0.25) is 14.6 Å². The number of benzene rings is 2. The molecular weight excluding hydrogens is 510 g/mol. The molecule has 0 spiro atoms. The van der Waals surface area contributed by atoms with Gasteiger partial charge in [-0.2, -0.15) is 0 Å². The Balaban J connectivity index is 1.76. The number of para-hydroxylation sites is 1. The van der Waals surface area contributed by atoms with Crippen molar-refractivity contribution in [2.24, 2.45) is 10.9 Å². The number of carbonyl (C=O) groups is 2. The third-order valence-corrected chi connectivity index (χ3v) is 7.31. The molecule has 1 aliphatic heterocycles. The molecule has 1 unspecified atom stereocenters. The summed E-state index contributed by atoms with van der Waals surface area (Å²) in [7, 11) is 3.19. The molecule has 1 heterocycles. The molecule has 0 amide bonds. The number of aliphatic imine (C=N–C) groups is 1. The van der Waals surface area contributed by atoms with Crippen molar-refractivity contribution in [2.45, 2.75) is 58.5 Å². The van der Waals surface area contributed by atoms with E-state index in [1.54, 1.807) is 14.2 Å². The first-order valence-corrected chi connectivity index (χ1v) is 13.8. The summed E-state index contributed by atoms with van der Waals surface area (Å²) in [6, 6.07) is 13.4. The van der Waals surface area contributed by atoms with Crippen LogP contribution >= 0.6 is 0 Å². The summed E-state index contributed by atoms with van der Waals surface area (Å²) < 4.78 is 28.0. The average Bonchev–Trinajstić information content (AvgIpc) is 2.94. The second-order valence-corrected chi connectivity index (χ2v) is 10.3. The smallest absolute Gasteiger partial charge is 0.315 e. The molecule has 0 saturated heterocycles. The molecule has 2 aliphatic rings. The molecule has 3 atom stereocenters. The first-order valence-electron chi connectivity index (χ1n) is 13.8. The van der Waals surface area contributed by atoms with Gasteiger partial charge >= 0.3 is 5.97 Å². The van der Waals surface area contributed by atoms with E-state index in [0.717, 1.165) is 11.1 Å². The topological polar surface area (TPSA) is 92.7 Å². The molecule has 4 rings (SSSR count). The van der Waals surface area contributed by atoms with Crippen LogP contribution in [0.2, 0.25) is 0 Å². The zero-order valence-corrected chi connectivity index (χ0v) is 24.2. The lowest BCUT2D eigenvalue weighted by Crippen LogP contribution is -2.38. The number of Topliss-reactive ketones (excluding diaryl/α,β-unsaturated/α-hetero) is 1. The highest BCUT2D eigenvalue weighted by Crippen LogP contribution is 2.49. The number of nitrogens with zero attached hydrogens (tertiary/aromatic N) is 1. The monoisotopic (exact) mass is 549 g/mol. The maximum atomic E-state index is 14.0. The Labute approximate surface area is 236 Å². The molecule has 8 nitrogen and oxygen atoms in total. The minimum Gasteiger partial charge on any atom is -0.493 e. The van der Waals surface area contributed by atoms with Crippen molar-refractivity contribution >= 4 is 17.5 Å². The van der Waals surface area contributed by atoms with Gasteiger partial charge in [0.2, 0.25) is 0 Å². The van der Waals surface area contributed by atoms with Gasteiger partial charge in [-0.05, 0) is 63.8 Å². The first-order chi connectivity index (χ1) is 19.3. The SMILES string of the molecule is CCOCCOC(=O)C1C(C)=NC2=C(C(=O)C[C@@H](c3ccc(OC)c(OC)c3)C2)[C@@H]1c1ccccc1OC(C)C. The molecule has 2 aromatic rings. The Morgan fingerprint density at radius 2 is 1.75 bits per heavy atom. The van der Waals surface area contributed by atoms with E-state index >= 15 is 0 Å². The Morgan fingerprint density at radius 1 is 1.00 bits per heavy atom. The van der Waals surface area contributed by atoms with Crippen molar-refractivity contribution in [3.8, 4) is 17.2 Å². The van der Waals surface area contributed by atoms with Crippen molar-refractivity contribution in [3.05, 3.63) is 64.9 Å². The Kier molecular flexibility index (Phi) is 9.63. The largest absolute Gasteiger partial charge is 0.493 e. The van der Waals surface area contributed by atoms with Gasteiger partial charge in [0.25, 0.3) is 0 Å². The number of hydrogen-bond acceptors (Lipinski definition) is 8. The lowest BCUT2D eigenvalue weighted by Gasteiger charge is -2.37. The summed E-state index contributed by atoms with van der Waals surface area (Å²) >= 11 is 0. The van der Waals surface area contributed by atoms with Crippen LogP contribution in [0.25, 0.3) is 0 Å². The molecule has 0 aromatic heterocycles. The van der Waals surface area contributed by atoms with E-state index in [-0.39, 0.29) is 24.4 Å². The molecule has 0 N–H and O–H groups in total. The van der Waals surface area contributed by atoms with E-state index in [4.69, 9.17) is 28.7 Å². The number of rotatable bonds is 11. The average molecular weight is 550 g/mol. The molecule has 0 bridgehead atoms. The highest BCUT2D eigenvalue weighted by molar-refractivity contribution is 6.09. The summed E-state index contributed by atoms with van der Waals surface area (Å²) in [6.45, 7) is 8.61. The van der Waals surface area contributed by atoms with Crippen LogP contribution in [0.15, 0.2) is 58.7 Å². The van der Waals surface area contributed by atoms with Gasteiger partial charge < -0.3 is 23.7 Å². The minimum atomic E-state index is -0.751. The third kappa shape index (κ3) is 6.22. The predicted octanol–water partition coefficient (Wildman–Crippen LogP) is 5.65. The molecule has 8 heteroatoms. The zero-order chi connectivity index (χ0) is 28.8. The van der Waals surface area contributed by atoms with Gasteiger partial charge in [-0.15, -0.1) is 0 Å². The van der Waals surface area contributed by atoms with E-state index in [2.05, 4.69) is 0 Å². The van der Waals surface area contributed by atoms with E-state index < -0.39 is 17.8 Å². The molecule has 214 valence electrons. The lowest BCUT2D eigenvalue weighted by molar-refractivity contribution is -0.148. The molecular formula is C32H39NO7. The molecule has 0 fully saturated rings. The quantitative estimate of drug-likeness (QED) is 0.264. The molecule has 2 aromatic carbocycles. The van der Waals surface area contributed by atoms with Crippen molar-refractivity contribution < 1.29 is 33.3 Å². The van der Waals surface area contributed by atoms with Crippen molar-refractivity contribution in [3.63, 3.8) is 0 Å². The predicted molar refractivity (Wildman–Crippen MR) is 153 cm³/mol. The van der Waals surface area contributed by atoms with Crippen LogP contribution in [0.3, 0.4) is 0 Å². The minimum absolute atomic E-state index is 0.0336. The number of ether oxygens (including phenoxy) is 5. The van der Waals surface area contributed by atoms with Gasteiger partial charge in [-0.25, -0.2) is 0 Å². The van der Waals surface area contributed by atoms with Crippen LogP contribution in [0.4, 0.5) is 0 Å². The van der Waals surface area contributed by atoms with E-state index in [1.807, 2.05) is 70.2 Å². The maximum absolute atomic E-state index is 14.0. The standard InChI is InChI=1S/C32H39NO7/c1-7-38-14-15-39-32(35)29-20(4)33-24-16-22(21-12-13-27(36-5)28(18-21)37-6)17-25(34)31(24)30(29)23-10-8-9-11-26(23)40-19(2)3/h8-13,18-19,22,29-30H,7,14-17H2,1-6H3/t22-,29?,30+/m0/s1. The van der Waals surface area contributed by atoms with E-state index in [1.165, 1.54) is 0 Å². The van der Waals surface area contributed by atoms with Crippen LogP contribution < -0.4 is 14.2 Å². The highest BCUT2D eigenvalue weighted by Gasteiger charge is 2.45. The third-order valence-electron chi connectivity index (χ3n) is 7.31. The molecule has 0 radical (unpaired) electrons. The van der Waals surface area contributed by atoms with Gasteiger partial charge in [0.05, 0.1) is 26.9 Å². The number of esters is 1. The van der Waals surface area contributed by atoms with Crippen LogP contribution in [0.1, 0.15) is 63.5 Å². The number of methoxy groups -OCH3 is 2. The number of ketones is 1. The van der Waals surface area contributed by atoms with Crippen LogP contribution in [0.5, 0.6) is 17.2 Å². The number of carbonyl (C=O) groups excluding carboxylic acids is 2. The van der Waals surface area contributed by atoms with Gasteiger partial charge in [0, 0.05) is 41.5 Å².